The van der Waals surface area contributed by atoms with Crippen molar-refractivity contribution in [1.82, 2.24) is 4.90 Å². The van der Waals surface area contributed by atoms with Crippen LogP contribution in [0.3, 0.4) is 0 Å². The summed E-state index contributed by atoms with van der Waals surface area (Å²) in [5.41, 5.74) is 0. The zero-order chi connectivity index (χ0) is 22.8. The van der Waals surface area contributed by atoms with Gasteiger partial charge in [0.05, 0.1) is 0 Å². The third-order valence-electron chi connectivity index (χ3n) is 3.84. The number of hydrogen-bond donors (Lipinski definition) is 0. The average molecular weight is 461 g/mol. The lowest BCUT2D eigenvalue weighted by atomic mass is 10.0. The molecule has 0 bridgehead atoms. The number of rotatable bonds is 1. The fourth-order valence-corrected chi connectivity index (χ4v) is 2.40. The van der Waals surface area contributed by atoms with Crippen LogP contribution in [0.5, 0.6) is 0 Å². The maximum Gasteiger partial charge on any atom is 0.439 e. The van der Waals surface area contributed by atoms with Gasteiger partial charge in [-0.15, -0.1) is 4.90 Å². The molecule has 2 aliphatic rings. The molecule has 0 aromatic rings. The molecule has 0 spiro atoms. The number of hydrogen-bond acceptors (Lipinski definition) is 2. The quantitative estimate of drug-likeness (QED) is 0.407. The van der Waals surface area contributed by atoms with Crippen LogP contribution in [0.25, 0.3) is 0 Å². The van der Waals surface area contributed by atoms with Gasteiger partial charge in [-0.3, -0.25) is 0 Å². The zero-order valence-corrected chi connectivity index (χ0v) is 11.8. The van der Waals surface area contributed by atoms with Crippen molar-refractivity contribution in [3.05, 3.63) is 0 Å². The summed E-state index contributed by atoms with van der Waals surface area (Å²) in [5, 5.41) is 0. The maximum atomic E-state index is 14.2. The van der Waals surface area contributed by atoms with Crippen LogP contribution in [0.15, 0.2) is 0 Å². The minimum atomic E-state index is -8.17. The van der Waals surface area contributed by atoms with Gasteiger partial charge in [0.1, 0.15) is 0 Å². The van der Waals surface area contributed by atoms with E-state index in [0.29, 0.717) is 0 Å². The molecule has 0 aromatic carbocycles. The Balaban J connectivity index is 2.99. The minimum absolute atomic E-state index is 1.63. The second-order valence-corrected chi connectivity index (χ2v) is 5.47. The van der Waals surface area contributed by atoms with Crippen molar-refractivity contribution in [2.45, 2.75) is 53.8 Å². The smallest absolute Gasteiger partial charge is 0.243 e. The van der Waals surface area contributed by atoms with Crippen LogP contribution < -0.4 is 0 Å². The third-order valence-corrected chi connectivity index (χ3v) is 3.84. The van der Waals surface area contributed by atoms with Crippen molar-refractivity contribution in [3.63, 3.8) is 0 Å². The number of halogens is 17. The molecule has 1 heterocycles. The summed E-state index contributed by atoms with van der Waals surface area (Å²) in [4.78, 5) is -4.40. The highest BCUT2D eigenvalue weighted by Crippen LogP contribution is 2.73. The molecule has 1 saturated heterocycles. The van der Waals surface area contributed by atoms with Crippen LogP contribution in [-0.2, 0) is 4.74 Å². The van der Waals surface area contributed by atoms with Crippen LogP contribution in [0.4, 0.5) is 74.6 Å². The standard InChI is InChI=1S/C9F17NO/c10-1(11)2(12,13)4(16,17)5(18,3(1,14)15)27-6(19,20)8(23,24)28-9(25,26)7(27,21)22. The second kappa shape index (κ2) is 4.89. The molecule has 2 fully saturated rings. The van der Waals surface area contributed by atoms with Crippen LogP contribution in [0.2, 0.25) is 0 Å². The summed E-state index contributed by atoms with van der Waals surface area (Å²) in [7, 11) is 0. The van der Waals surface area contributed by atoms with Crippen molar-refractivity contribution >= 4 is 0 Å². The van der Waals surface area contributed by atoms with E-state index >= 15 is 0 Å². The van der Waals surface area contributed by atoms with E-state index in [1.807, 2.05) is 0 Å². The van der Waals surface area contributed by atoms with E-state index in [4.69, 9.17) is 0 Å². The molecule has 166 valence electrons. The summed E-state index contributed by atoms with van der Waals surface area (Å²) < 4.78 is 227. The van der Waals surface area contributed by atoms with Gasteiger partial charge in [-0.1, -0.05) is 0 Å². The lowest BCUT2D eigenvalue weighted by Gasteiger charge is -2.52. The number of morpholine rings is 1. The molecule has 0 radical (unpaired) electrons. The van der Waals surface area contributed by atoms with Crippen molar-refractivity contribution in [2.75, 3.05) is 0 Å². The monoisotopic (exact) mass is 461 g/mol. The highest BCUT2D eigenvalue weighted by molar-refractivity contribution is 5.28. The molecule has 19 heteroatoms. The number of ether oxygens (including phenoxy) is 1. The molecule has 0 atom stereocenters. The average Bonchev–Trinajstić information content (AvgIpc) is 2.46. The molecule has 28 heavy (non-hydrogen) atoms. The SMILES string of the molecule is FC1(F)OC(F)(F)C(F)(F)N(C2(F)C(F)(F)C(F)(F)C(F)(F)C2(F)F)C1(F)F. The lowest BCUT2D eigenvalue weighted by Crippen LogP contribution is -2.83. The Morgan fingerprint density at radius 3 is 0.893 bits per heavy atom. The zero-order valence-electron chi connectivity index (χ0n) is 11.8. The normalized spacial score (nSPS) is 35.5. The van der Waals surface area contributed by atoms with Gasteiger partial charge in [0, 0.05) is 0 Å². The highest BCUT2D eigenvalue weighted by Gasteiger charge is 3.06. The summed E-state index contributed by atoms with van der Waals surface area (Å²) >= 11 is 0. The lowest BCUT2D eigenvalue weighted by molar-refractivity contribution is -0.590. The Bertz CT molecular complexity index is 630. The molecule has 0 aromatic heterocycles. The first-order valence-corrected chi connectivity index (χ1v) is 6.04. The Morgan fingerprint density at radius 2 is 0.643 bits per heavy atom. The number of alkyl halides is 17. The molecule has 2 nitrogen and oxygen atoms in total. The Labute approximate surface area is 139 Å². The van der Waals surface area contributed by atoms with Crippen molar-refractivity contribution in [2.24, 2.45) is 0 Å². The van der Waals surface area contributed by atoms with Gasteiger partial charge in [-0.05, 0) is 0 Å². The second-order valence-electron chi connectivity index (χ2n) is 5.47. The fourth-order valence-electron chi connectivity index (χ4n) is 2.40. The largest absolute Gasteiger partial charge is 0.439 e. The Kier molecular flexibility index (Phi) is 4.02. The van der Waals surface area contributed by atoms with E-state index in [9.17, 15) is 74.6 Å². The summed E-state index contributed by atoms with van der Waals surface area (Å²) in [6, 6.07) is -15.4. The van der Waals surface area contributed by atoms with Crippen LogP contribution in [0.1, 0.15) is 0 Å². The number of nitrogens with zero attached hydrogens (tertiary/aromatic N) is 1. The third kappa shape index (κ3) is 1.89. The molecule has 2 rings (SSSR count). The van der Waals surface area contributed by atoms with E-state index in [1.54, 1.807) is 4.74 Å². The molecule has 0 unspecified atom stereocenters. The van der Waals surface area contributed by atoms with Crippen LogP contribution in [0, 0.1) is 0 Å². The molecule has 0 amide bonds. The van der Waals surface area contributed by atoms with Gasteiger partial charge in [0.25, 0.3) is 0 Å². The van der Waals surface area contributed by atoms with E-state index < -0.39 is 58.7 Å². The van der Waals surface area contributed by atoms with Gasteiger partial charge < -0.3 is 0 Å². The van der Waals surface area contributed by atoms with Crippen molar-refractivity contribution < 1.29 is 79.4 Å². The van der Waals surface area contributed by atoms with Crippen LogP contribution in [-0.4, -0.2) is 58.7 Å². The van der Waals surface area contributed by atoms with Crippen LogP contribution >= 0.6 is 0 Å². The summed E-state index contributed by atoms with van der Waals surface area (Å²) in [6.07, 6.45) is -14.5. The first-order chi connectivity index (χ1) is 11.8. The summed E-state index contributed by atoms with van der Waals surface area (Å²) in [5.74, 6) is -39.8. The van der Waals surface area contributed by atoms with Gasteiger partial charge in [0.15, 0.2) is 0 Å². The van der Waals surface area contributed by atoms with Crippen molar-refractivity contribution in [3.8, 4) is 0 Å². The first-order valence-electron chi connectivity index (χ1n) is 6.04. The predicted octanol–water partition coefficient (Wildman–Crippen LogP) is 4.91. The van der Waals surface area contributed by atoms with Gasteiger partial charge in [-0.2, -0.15) is 70.2 Å². The summed E-state index contributed by atoms with van der Waals surface area (Å²) in [6.45, 7) is 0. The molecule has 1 aliphatic carbocycles. The van der Waals surface area contributed by atoms with Gasteiger partial charge >= 0.3 is 53.8 Å². The molecular formula is C9F17NO. The molecular weight excluding hydrogens is 461 g/mol. The van der Waals surface area contributed by atoms with Crippen molar-refractivity contribution in [1.29, 1.82) is 0 Å². The fraction of sp³-hybridized carbons (Fsp3) is 1.00. The maximum absolute atomic E-state index is 14.2. The molecule has 0 N–H and O–H groups in total. The van der Waals surface area contributed by atoms with Gasteiger partial charge in [-0.25, -0.2) is 9.13 Å². The van der Waals surface area contributed by atoms with E-state index in [0.717, 1.165) is 0 Å². The molecule has 1 aliphatic heterocycles. The topological polar surface area (TPSA) is 12.5 Å². The Hall–Kier alpha value is -1.27. The van der Waals surface area contributed by atoms with Gasteiger partial charge in [0.2, 0.25) is 0 Å². The Morgan fingerprint density at radius 1 is 0.393 bits per heavy atom. The van der Waals surface area contributed by atoms with E-state index in [-0.39, 0.29) is 0 Å². The minimum Gasteiger partial charge on any atom is -0.243 e. The highest BCUT2D eigenvalue weighted by atomic mass is 19.4. The first kappa shape index (κ1) is 23.0. The van der Waals surface area contributed by atoms with E-state index in [1.165, 1.54) is 0 Å². The van der Waals surface area contributed by atoms with E-state index in [2.05, 4.69) is 0 Å². The molecule has 1 saturated carbocycles. The predicted molar refractivity (Wildman–Crippen MR) is 46.3 cm³/mol.